The summed E-state index contributed by atoms with van der Waals surface area (Å²) in [5.41, 5.74) is 0. The van der Waals surface area contributed by atoms with Gasteiger partial charge in [-0.3, -0.25) is 0 Å². The van der Waals surface area contributed by atoms with Gasteiger partial charge in [0.15, 0.2) is 0 Å². The van der Waals surface area contributed by atoms with E-state index in [9.17, 15) is 0 Å². The Hall–Kier alpha value is 0.350. The van der Waals surface area contributed by atoms with Crippen LogP contribution in [0, 0.1) is 11.8 Å². The highest BCUT2D eigenvalue weighted by Gasteiger charge is 2.34. The zero-order valence-corrected chi connectivity index (χ0v) is 8.24. The van der Waals surface area contributed by atoms with Crippen LogP contribution in [0.5, 0.6) is 0 Å². The lowest BCUT2D eigenvalue weighted by atomic mass is 9.88. The molecule has 0 N–H and O–H groups in total. The SMILES string of the molecule is CCC1C(C)SC(C)C1C. The summed E-state index contributed by atoms with van der Waals surface area (Å²) in [5.74, 6) is 1.91. The molecule has 4 atom stereocenters. The summed E-state index contributed by atoms with van der Waals surface area (Å²) in [6.45, 7) is 9.45. The van der Waals surface area contributed by atoms with Crippen LogP contribution in [0.3, 0.4) is 0 Å². The van der Waals surface area contributed by atoms with E-state index in [2.05, 4.69) is 39.5 Å². The third-order valence-electron chi connectivity index (χ3n) is 2.92. The molecule has 4 unspecified atom stereocenters. The maximum Gasteiger partial charge on any atom is 0.00526 e. The maximum atomic E-state index is 2.40. The third kappa shape index (κ3) is 1.34. The Balaban J connectivity index is 2.55. The highest BCUT2D eigenvalue weighted by molar-refractivity contribution is 8.00. The van der Waals surface area contributed by atoms with Gasteiger partial charge in [-0.05, 0) is 11.8 Å². The summed E-state index contributed by atoms with van der Waals surface area (Å²) in [4.78, 5) is 0. The van der Waals surface area contributed by atoms with Gasteiger partial charge in [0.25, 0.3) is 0 Å². The molecule has 1 saturated heterocycles. The van der Waals surface area contributed by atoms with E-state index in [1.54, 1.807) is 0 Å². The van der Waals surface area contributed by atoms with Gasteiger partial charge < -0.3 is 0 Å². The Bertz CT molecular complexity index is 111. The van der Waals surface area contributed by atoms with Crippen LogP contribution in [0.25, 0.3) is 0 Å². The Morgan fingerprint density at radius 3 is 1.90 bits per heavy atom. The fourth-order valence-electron chi connectivity index (χ4n) is 2.04. The predicted octanol–water partition coefficient (Wildman–Crippen LogP) is 3.17. The molecule has 0 aromatic heterocycles. The van der Waals surface area contributed by atoms with Crippen LogP contribution in [-0.4, -0.2) is 10.5 Å². The molecule has 1 heteroatoms. The molecule has 10 heavy (non-hydrogen) atoms. The topological polar surface area (TPSA) is 0 Å². The molecule has 0 nitrogen and oxygen atoms in total. The number of thioether (sulfide) groups is 1. The molecule has 0 bridgehead atoms. The lowest BCUT2D eigenvalue weighted by molar-refractivity contribution is 0.370. The monoisotopic (exact) mass is 158 g/mol. The van der Waals surface area contributed by atoms with Gasteiger partial charge in [-0.2, -0.15) is 11.8 Å². The molecule has 60 valence electrons. The summed E-state index contributed by atoms with van der Waals surface area (Å²) < 4.78 is 0. The van der Waals surface area contributed by atoms with Crippen LogP contribution < -0.4 is 0 Å². The van der Waals surface area contributed by atoms with Crippen LogP contribution in [0.15, 0.2) is 0 Å². The molecule has 1 rings (SSSR count). The molecule has 1 aliphatic heterocycles. The standard InChI is InChI=1S/C9H18S/c1-5-9-6(2)7(3)10-8(9)4/h6-9H,5H2,1-4H3. The lowest BCUT2D eigenvalue weighted by Gasteiger charge is -2.16. The van der Waals surface area contributed by atoms with Crippen molar-refractivity contribution in [2.45, 2.75) is 44.6 Å². The Morgan fingerprint density at radius 1 is 1.10 bits per heavy atom. The average molecular weight is 158 g/mol. The minimum atomic E-state index is 0.889. The fraction of sp³-hybridized carbons (Fsp3) is 1.00. The molecule has 0 spiro atoms. The molecule has 1 heterocycles. The van der Waals surface area contributed by atoms with Crippen LogP contribution in [0.1, 0.15) is 34.1 Å². The van der Waals surface area contributed by atoms with Crippen LogP contribution in [0.4, 0.5) is 0 Å². The second kappa shape index (κ2) is 3.17. The molecule has 0 radical (unpaired) electrons. The molecule has 0 saturated carbocycles. The summed E-state index contributed by atoms with van der Waals surface area (Å²) in [5, 5.41) is 1.79. The normalized spacial score (nSPS) is 48.0. The molecule has 0 aliphatic carbocycles. The van der Waals surface area contributed by atoms with E-state index in [0.29, 0.717) is 0 Å². The van der Waals surface area contributed by atoms with Gasteiger partial charge in [0.2, 0.25) is 0 Å². The predicted molar refractivity (Wildman–Crippen MR) is 49.5 cm³/mol. The van der Waals surface area contributed by atoms with Crippen molar-refractivity contribution >= 4 is 11.8 Å². The van der Waals surface area contributed by atoms with Crippen molar-refractivity contribution < 1.29 is 0 Å². The second-order valence-electron chi connectivity index (χ2n) is 3.48. The summed E-state index contributed by atoms with van der Waals surface area (Å²) >= 11 is 2.16. The zero-order valence-electron chi connectivity index (χ0n) is 7.42. The van der Waals surface area contributed by atoms with Gasteiger partial charge in [-0.1, -0.05) is 34.1 Å². The van der Waals surface area contributed by atoms with Crippen molar-refractivity contribution in [1.29, 1.82) is 0 Å². The van der Waals surface area contributed by atoms with Crippen molar-refractivity contribution in [2.24, 2.45) is 11.8 Å². The van der Waals surface area contributed by atoms with E-state index in [-0.39, 0.29) is 0 Å². The summed E-state index contributed by atoms with van der Waals surface area (Å²) in [6, 6.07) is 0. The summed E-state index contributed by atoms with van der Waals surface area (Å²) in [7, 11) is 0. The van der Waals surface area contributed by atoms with Gasteiger partial charge in [-0.15, -0.1) is 0 Å². The first kappa shape index (κ1) is 8.45. The van der Waals surface area contributed by atoms with E-state index in [4.69, 9.17) is 0 Å². The van der Waals surface area contributed by atoms with Crippen molar-refractivity contribution in [3.63, 3.8) is 0 Å². The van der Waals surface area contributed by atoms with E-state index in [1.807, 2.05) is 0 Å². The number of hydrogen-bond donors (Lipinski definition) is 0. The quantitative estimate of drug-likeness (QED) is 0.565. The zero-order chi connectivity index (χ0) is 7.72. The Morgan fingerprint density at radius 2 is 1.70 bits per heavy atom. The fourth-order valence-corrected chi connectivity index (χ4v) is 3.81. The van der Waals surface area contributed by atoms with E-state index < -0.39 is 0 Å². The van der Waals surface area contributed by atoms with E-state index in [0.717, 1.165) is 22.3 Å². The molecular formula is C9H18S. The smallest absolute Gasteiger partial charge is 0.00526 e. The lowest BCUT2D eigenvalue weighted by Crippen LogP contribution is -2.15. The first-order valence-corrected chi connectivity index (χ1v) is 5.26. The molecule has 1 fully saturated rings. The van der Waals surface area contributed by atoms with E-state index >= 15 is 0 Å². The number of hydrogen-bond acceptors (Lipinski definition) is 1. The Kier molecular flexibility index (Phi) is 2.67. The van der Waals surface area contributed by atoms with Crippen molar-refractivity contribution in [1.82, 2.24) is 0 Å². The van der Waals surface area contributed by atoms with Crippen molar-refractivity contribution in [3.05, 3.63) is 0 Å². The molecular weight excluding hydrogens is 140 g/mol. The van der Waals surface area contributed by atoms with Gasteiger partial charge in [0, 0.05) is 10.5 Å². The Labute approximate surface area is 68.8 Å². The minimum Gasteiger partial charge on any atom is -0.155 e. The molecule has 0 amide bonds. The molecule has 0 aromatic carbocycles. The number of rotatable bonds is 1. The van der Waals surface area contributed by atoms with Crippen LogP contribution in [-0.2, 0) is 0 Å². The molecule has 1 aliphatic rings. The third-order valence-corrected chi connectivity index (χ3v) is 4.56. The highest BCUT2D eigenvalue weighted by atomic mass is 32.2. The first-order valence-electron chi connectivity index (χ1n) is 4.32. The first-order chi connectivity index (χ1) is 4.66. The summed E-state index contributed by atoms with van der Waals surface area (Å²) in [6.07, 6.45) is 1.36. The van der Waals surface area contributed by atoms with Crippen molar-refractivity contribution in [3.8, 4) is 0 Å². The highest BCUT2D eigenvalue weighted by Crippen LogP contribution is 2.43. The van der Waals surface area contributed by atoms with Crippen molar-refractivity contribution in [2.75, 3.05) is 0 Å². The maximum absolute atomic E-state index is 2.40. The van der Waals surface area contributed by atoms with Gasteiger partial charge in [0.1, 0.15) is 0 Å². The van der Waals surface area contributed by atoms with Gasteiger partial charge >= 0.3 is 0 Å². The minimum absolute atomic E-state index is 0.889. The van der Waals surface area contributed by atoms with Gasteiger partial charge in [-0.25, -0.2) is 0 Å². The molecule has 0 aromatic rings. The largest absolute Gasteiger partial charge is 0.155 e. The van der Waals surface area contributed by atoms with Crippen LogP contribution >= 0.6 is 11.8 Å². The average Bonchev–Trinajstić information content (AvgIpc) is 2.09. The van der Waals surface area contributed by atoms with Gasteiger partial charge in [0.05, 0.1) is 0 Å². The second-order valence-corrected chi connectivity index (χ2v) is 5.24. The van der Waals surface area contributed by atoms with E-state index in [1.165, 1.54) is 6.42 Å². The van der Waals surface area contributed by atoms with Crippen LogP contribution in [0.2, 0.25) is 0 Å².